The van der Waals surface area contributed by atoms with E-state index in [1.807, 2.05) is 0 Å². The average molecular weight is 345 g/mol. The summed E-state index contributed by atoms with van der Waals surface area (Å²) in [4.78, 5) is 12.2. The molecular formula is C15H22F3N5O. The molecule has 1 saturated heterocycles. The van der Waals surface area contributed by atoms with Crippen LogP contribution in [0.5, 0.6) is 0 Å². The lowest BCUT2D eigenvalue weighted by atomic mass is 9.85. The first kappa shape index (κ1) is 17.2. The molecule has 0 bridgehead atoms. The van der Waals surface area contributed by atoms with Crippen molar-refractivity contribution in [1.82, 2.24) is 25.6 Å². The van der Waals surface area contributed by atoms with E-state index < -0.39 is 24.0 Å². The molecule has 1 aromatic heterocycles. The Balaban J connectivity index is 1.58. The predicted molar refractivity (Wildman–Crippen MR) is 80.4 cm³/mol. The van der Waals surface area contributed by atoms with Crippen molar-refractivity contribution in [2.45, 2.75) is 56.8 Å². The SMILES string of the molecule is O=C(NC1CCCC(C(F)(F)F)C1)c1cn(C2CCNCC2)nn1. The summed E-state index contributed by atoms with van der Waals surface area (Å²) in [5.41, 5.74) is 0.169. The number of amides is 1. The highest BCUT2D eigenvalue weighted by Crippen LogP contribution is 2.37. The predicted octanol–water partition coefficient (Wildman–Crippen LogP) is 2.05. The highest BCUT2D eigenvalue weighted by atomic mass is 19.4. The normalized spacial score (nSPS) is 26.3. The second-order valence-corrected chi connectivity index (χ2v) is 6.64. The Labute approximate surface area is 138 Å². The summed E-state index contributed by atoms with van der Waals surface area (Å²) in [6, 6.07) is -0.244. The number of rotatable bonds is 3. The maximum atomic E-state index is 12.8. The summed E-state index contributed by atoms with van der Waals surface area (Å²) < 4.78 is 40.2. The molecule has 6 nitrogen and oxygen atoms in total. The number of piperidine rings is 1. The molecule has 2 unspecified atom stereocenters. The molecule has 0 spiro atoms. The van der Waals surface area contributed by atoms with E-state index in [0.717, 1.165) is 25.9 Å². The van der Waals surface area contributed by atoms with Crippen LogP contribution in [-0.4, -0.2) is 46.2 Å². The van der Waals surface area contributed by atoms with Gasteiger partial charge in [-0.25, -0.2) is 4.68 Å². The van der Waals surface area contributed by atoms with Crippen LogP contribution in [0.4, 0.5) is 13.2 Å². The third kappa shape index (κ3) is 4.06. The number of carbonyl (C=O) groups is 1. The quantitative estimate of drug-likeness (QED) is 0.880. The molecule has 0 radical (unpaired) electrons. The van der Waals surface area contributed by atoms with Crippen LogP contribution >= 0.6 is 0 Å². The molecule has 2 atom stereocenters. The zero-order valence-electron chi connectivity index (χ0n) is 13.4. The number of nitrogens with zero attached hydrogens (tertiary/aromatic N) is 3. The van der Waals surface area contributed by atoms with Gasteiger partial charge in [0.15, 0.2) is 5.69 Å². The molecule has 2 aliphatic rings. The lowest BCUT2D eigenvalue weighted by Crippen LogP contribution is -2.41. The van der Waals surface area contributed by atoms with Gasteiger partial charge in [-0.3, -0.25) is 4.79 Å². The van der Waals surface area contributed by atoms with Crippen molar-refractivity contribution >= 4 is 5.91 Å². The van der Waals surface area contributed by atoms with Gasteiger partial charge in [-0.2, -0.15) is 13.2 Å². The fourth-order valence-corrected chi connectivity index (χ4v) is 3.51. The van der Waals surface area contributed by atoms with Gasteiger partial charge in [0, 0.05) is 6.04 Å². The van der Waals surface area contributed by atoms with E-state index in [4.69, 9.17) is 0 Å². The van der Waals surface area contributed by atoms with Gasteiger partial charge in [-0.05, 0) is 45.2 Å². The second kappa shape index (κ2) is 7.08. The van der Waals surface area contributed by atoms with Crippen molar-refractivity contribution in [1.29, 1.82) is 0 Å². The van der Waals surface area contributed by atoms with E-state index in [1.165, 1.54) is 0 Å². The standard InChI is InChI=1S/C15H22F3N5O/c16-15(17,18)10-2-1-3-11(8-10)20-14(24)13-9-23(22-21-13)12-4-6-19-7-5-12/h9-12,19H,1-8H2,(H,20,24). The molecule has 2 heterocycles. The zero-order valence-corrected chi connectivity index (χ0v) is 13.4. The number of aromatic nitrogens is 3. The van der Waals surface area contributed by atoms with Gasteiger partial charge in [0.1, 0.15) is 0 Å². The maximum absolute atomic E-state index is 12.8. The molecule has 2 fully saturated rings. The van der Waals surface area contributed by atoms with Crippen LogP contribution in [0.1, 0.15) is 55.1 Å². The minimum atomic E-state index is -4.19. The third-order valence-electron chi connectivity index (χ3n) is 4.90. The number of carbonyl (C=O) groups excluding carboxylic acids is 1. The highest BCUT2D eigenvalue weighted by molar-refractivity contribution is 5.92. The number of nitrogens with one attached hydrogen (secondary N) is 2. The number of hydrogen-bond acceptors (Lipinski definition) is 4. The van der Waals surface area contributed by atoms with Gasteiger partial charge in [-0.15, -0.1) is 5.10 Å². The van der Waals surface area contributed by atoms with Crippen LogP contribution in [0.2, 0.25) is 0 Å². The molecule has 1 aromatic rings. The molecule has 134 valence electrons. The van der Waals surface area contributed by atoms with Crippen LogP contribution in [0.3, 0.4) is 0 Å². The Kier molecular flexibility index (Phi) is 5.07. The lowest BCUT2D eigenvalue weighted by Gasteiger charge is -2.30. The van der Waals surface area contributed by atoms with Crippen molar-refractivity contribution in [3.8, 4) is 0 Å². The molecule has 1 aliphatic heterocycles. The number of halogens is 3. The van der Waals surface area contributed by atoms with Crippen molar-refractivity contribution in [2.24, 2.45) is 5.92 Å². The highest BCUT2D eigenvalue weighted by Gasteiger charge is 2.42. The largest absolute Gasteiger partial charge is 0.391 e. The minimum Gasteiger partial charge on any atom is -0.348 e. The van der Waals surface area contributed by atoms with E-state index in [-0.39, 0.29) is 24.6 Å². The van der Waals surface area contributed by atoms with E-state index in [9.17, 15) is 18.0 Å². The summed E-state index contributed by atoms with van der Waals surface area (Å²) in [5.74, 6) is -1.77. The van der Waals surface area contributed by atoms with Gasteiger partial charge in [-0.1, -0.05) is 11.6 Å². The van der Waals surface area contributed by atoms with E-state index in [0.29, 0.717) is 12.8 Å². The van der Waals surface area contributed by atoms with Gasteiger partial charge < -0.3 is 10.6 Å². The van der Waals surface area contributed by atoms with Crippen LogP contribution in [0, 0.1) is 5.92 Å². The first-order valence-corrected chi connectivity index (χ1v) is 8.43. The summed E-state index contributed by atoms with van der Waals surface area (Å²) in [6.45, 7) is 1.79. The molecule has 1 saturated carbocycles. The van der Waals surface area contributed by atoms with Crippen LogP contribution < -0.4 is 10.6 Å². The molecule has 1 amide bonds. The van der Waals surface area contributed by atoms with Crippen molar-refractivity contribution < 1.29 is 18.0 Å². The fraction of sp³-hybridized carbons (Fsp3) is 0.800. The van der Waals surface area contributed by atoms with Crippen LogP contribution in [0.15, 0.2) is 6.20 Å². The Morgan fingerprint density at radius 3 is 2.71 bits per heavy atom. The number of alkyl halides is 3. The Bertz CT molecular complexity index is 568. The molecule has 3 rings (SSSR count). The molecule has 24 heavy (non-hydrogen) atoms. The molecule has 1 aliphatic carbocycles. The van der Waals surface area contributed by atoms with Gasteiger partial charge in [0.2, 0.25) is 0 Å². The van der Waals surface area contributed by atoms with Gasteiger partial charge in [0.25, 0.3) is 5.91 Å². The third-order valence-corrected chi connectivity index (χ3v) is 4.90. The number of hydrogen-bond donors (Lipinski definition) is 2. The topological polar surface area (TPSA) is 71.8 Å². The molecule has 9 heteroatoms. The summed E-state index contributed by atoms with van der Waals surface area (Å²) >= 11 is 0. The maximum Gasteiger partial charge on any atom is 0.391 e. The van der Waals surface area contributed by atoms with Crippen LogP contribution in [0.25, 0.3) is 0 Å². The Hall–Kier alpha value is -1.64. The lowest BCUT2D eigenvalue weighted by molar-refractivity contribution is -0.183. The van der Waals surface area contributed by atoms with Crippen molar-refractivity contribution in [3.05, 3.63) is 11.9 Å². The second-order valence-electron chi connectivity index (χ2n) is 6.64. The van der Waals surface area contributed by atoms with E-state index in [1.54, 1.807) is 10.9 Å². The summed E-state index contributed by atoms with van der Waals surface area (Å²) in [7, 11) is 0. The van der Waals surface area contributed by atoms with Gasteiger partial charge in [0.05, 0.1) is 18.2 Å². The smallest absolute Gasteiger partial charge is 0.348 e. The molecule has 0 aromatic carbocycles. The first-order chi connectivity index (χ1) is 11.4. The fourth-order valence-electron chi connectivity index (χ4n) is 3.51. The zero-order chi connectivity index (χ0) is 17.2. The Morgan fingerprint density at radius 1 is 1.25 bits per heavy atom. The monoisotopic (exact) mass is 345 g/mol. The van der Waals surface area contributed by atoms with Crippen molar-refractivity contribution in [2.75, 3.05) is 13.1 Å². The molecular weight excluding hydrogens is 323 g/mol. The van der Waals surface area contributed by atoms with E-state index in [2.05, 4.69) is 20.9 Å². The van der Waals surface area contributed by atoms with Crippen molar-refractivity contribution in [3.63, 3.8) is 0 Å². The first-order valence-electron chi connectivity index (χ1n) is 8.43. The van der Waals surface area contributed by atoms with Crippen LogP contribution in [-0.2, 0) is 0 Å². The minimum absolute atomic E-state index is 0.0579. The molecule has 2 N–H and O–H groups in total. The van der Waals surface area contributed by atoms with Gasteiger partial charge >= 0.3 is 6.18 Å². The summed E-state index contributed by atoms with van der Waals surface area (Å²) in [6.07, 6.45) is 0.356. The Morgan fingerprint density at radius 2 is 2.00 bits per heavy atom. The summed E-state index contributed by atoms with van der Waals surface area (Å²) in [5, 5.41) is 13.8. The average Bonchev–Trinajstić information content (AvgIpc) is 3.05. The van der Waals surface area contributed by atoms with E-state index >= 15 is 0 Å².